The fourth-order valence-electron chi connectivity index (χ4n) is 3.39. The Morgan fingerprint density at radius 1 is 0.935 bits per heavy atom. The van der Waals surface area contributed by atoms with Crippen molar-refractivity contribution in [1.29, 1.82) is 0 Å². The van der Waals surface area contributed by atoms with E-state index in [0.29, 0.717) is 23.1 Å². The van der Waals surface area contributed by atoms with Crippen LogP contribution in [0.15, 0.2) is 66.7 Å². The van der Waals surface area contributed by atoms with Gasteiger partial charge in [-0.25, -0.2) is 13.4 Å². The molecule has 0 aliphatic heterocycles. The van der Waals surface area contributed by atoms with E-state index in [1.165, 1.54) is 12.1 Å². The third-order valence-electron chi connectivity index (χ3n) is 4.78. The molecule has 4 rings (SSSR count). The van der Waals surface area contributed by atoms with E-state index in [9.17, 15) is 18.5 Å². The van der Waals surface area contributed by atoms with Crippen molar-refractivity contribution in [3.8, 4) is 0 Å². The van der Waals surface area contributed by atoms with Crippen LogP contribution in [0.25, 0.3) is 21.8 Å². The smallest absolute Gasteiger partial charge is 0.271 e. The lowest BCUT2D eigenvalue weighted by Crippen LogP contribution is -2.15. The molecule has 158 valence electrons. The van der Waals surface area contributed by atoms with Gasteiger partial charge in [0.15, 0.2) is 0 Å². The number of nitro benzene ring substituents is 1. The van der Waals surface area contributed by atoms with Gasteiger partial charge in [0, 0.05) is 34.3 Å². The Hall–Kier alpha value is -3.72. The molecule has 3 aromatic carbocycles. The van der Waals surface area contributed by atoms with Crippen LogP contribution in [0, 0.1) is 10.1 Å². The number of non-ortho nitro benzene ring substituents is 1. The number of hydrogen-bond acceptors (Lipinski definition) is 6. The molecule has 4 aromatic rings. The molecule has 0 aliphatic carbocycles. The normalized spacial score (nSPS) is 11.5. The number of nitro groups is 1. The van der Waals surface area contributed by atoms with Crippen molar-refractivity contribution in [2.45, 2.75) is 13.3 Å². The standard InChI is InChI=1S/C22H20N4O4S/c1-2-13-31(29,30)25-16-9-7-15(8-10-16)23-22-18-5-3-4-6-20(18)24-21-14-17(26(27)28)11-12-19(21)22/h3-12,14,25H,2,13H2,1H3,(H,23,24). The van der Waals surface area contributed by atoms with Crippen molar-refractivity contribution < 1.29 is 13.3 Å². The first-order valence-corrected chi connectivity index (χ1v) is 11.4. The molecule has 0 spiro atoms. The number of benzene rings is 3. The quantitative estimate of drug-likeness (QED) is 0.234. The minimum Gasteiger partial charge on any atom is -0.354 e. The first-order valence-electron chi connectivity index (χ1n) is 9.71. The lowest BCUT2D eigenvalue weighted by molar-refractivity contribution is -0.384. The van der Waals surface area contributed by atoms with Gasteiger partial charge in [-0.2, -0.15) is 0 Å². The number of nitrogens with one attached hydrogen (secondary N) is 2. The van der Waals surface area contributed by atoms with Crippen molar-refractivity contribution in [3.63, 3.8) is 0 Å². The van der Waals surface area contributed by atoms with E-state index in [1.807, 2.05) is 31.2 Å². The Morgan fingerprint density at radius 2 is 1.61 bits per heavy atom. The maximum absolute atomic E-state index is 12.0. The highest BCUT2D eigenvalue weighted by Gasteiger charge is 2.14. The number of rotatable bonds is 7. The molecular formula is C22H20N4O4S. The van der Waals surface area contributed by atoms with Crippen molar-refractivity contribution >= 4 is 54.6 Å². The molecule has 9 heteroatoms. The SMILES string of the molecule is CCCS(=O)(=O)Nc1ccc(Nc2c3ccccc3nc3cc([N+](=O)[O-])ccc23)cc1. The number of fused-ring (bicyclic) bond motifs is 2. The van der Waals surface area contributed by atoms with Crippen LogP contribution in [0.4, 0.5) is 22.7 Å². The molecule has 0 atom stereocenters. The fraction of sp³-hybridized carbons (Fsp3) is 0.136. The van der Waals surface area contributed by atoms with E-state index in [2.05, 4.69) is 15.0 Å². The number of para-hydroxylation sites is 1. The molecule has 0 unspecified atom stereocenters. The van der Waals surface area contributed by atoms with E-state index >= 15 is 0 Å². The highest BCUT2D eigenvalue weighted by atomic mass is 32.2. The van der Waals surface area contributed by atoms with E-state index in [4.69, 9.17) is 0 Å². The van der Waals surface area contributed by atoms with Crippen LogP contribution in [-0.4, -0.2) is 24.1 Å². The van der Waals surface area contributed by atoms with Gasteiger partial charge in [0.05, 0.1) is 27.4 Å². The Labute approximate surface area is 179 Å². The van der Waals surface area contributed by atoms with Crippen molar-refractivity contribution in [1.82, 2.24) is 4.98 Å². The Bertz CT molecular complexity index is 1390. The summed E-state index contributed by atoms with van der Waals surface area (Å²) in [4.78, 5) is 15.3. The van der Waals surface area contributed by atoms with Gasteiger partial charge in [0.2, 0.25) is 10.0 Å². The molecule has 1 heterocycles. The largest absolute Gasteiger partial charge is 0.354 e. The predicted octanol–water partition coefficient (Wildman–Crippen LogP) is 5.19. The topological polar surface area (TPSA) is 114 Å². The summed E-state index contributed by atoms with van der Waals surface area (Å²) < 4.78 is 26.5. The first kappa shape index (κ1) is 20.5. The van der Waals surface area contributed by atoms with E-state index in [0.717, 1.165) is 22.1 Å². The number of pyridine rings is 1. The second kappa shape index (κ2) is 8.19. The van der Waals surface area contributed by atoms with Crippen molar-refractivity contribution in [3.05, 3.63) is 76.8 Å². The summed E-state index contributed by atoms with van der Waals surface area (Å²) >= 11 is 0. The summed E-state index contributed by atoms with van der Waals surface area (Å²) in [6.45, 7) is 1.81. The second-order valence-electron chi connectivity index (χ2n) is 7.09. The molecule has 8 nitrogen and oxygen atoms in total. The molecule has 31 heavy (non-hydrogen) atoms. The van der Waals surface area contributed by atoms with E-state index in [-0.39, 0.29) is 11.4 Å². The number of nitrogens with zero attached hydrogens (tertiary/aromatic N) is 2. The molecule has 0 aliphatic rings. The molecule has 1 aromatic heterocycles. The Balaban J connectivity index is 1.74. The number of anilines is 3. The summed E-state index contributed by atoms with van der Waals surface area (Å²) in [5, 5.41) is 16.2. The zero-order valence-corrected chi connectivity index (χ0v) is 17.5. The van der Waals surface area contributed by atoms with Gasteiger partial charge < -0.3 is 5.32 Å². The van der Waals surface area contributed by atoms with Crippen LogP contribution in [0.5, 0.6) is 0 Å². The molecular weight excluding hydrogens is 416 g/mol. The van der Waals surface area contributed by atoms with Gasteiger partial charge in [0.25, 0.3) is 5.69 Å². The van der Waals surface area contributed by atoms with Crippen LogP contribution in [0.3, 0.4) is 0 Å². The van der Waals surface area contributed by atoms with Gasteiger partial charge in [-0.3, -0.25) is 14.8 Å². The number of hydrogen-bond donors (Lipinski definition) is 2. The summed E-state index contributed by atoms with van der Waals surface area (Å²) in [6, 6.07) is 19.1. The third kappa shape index (κ3) is 4.41. The third-order valence-corrected chi connectivity index (χ3v) is 6.27. The highest BCUT2D eigenvalue weighted by molar-refractivity contribution is 7.92. The summed E-state index contributed by atoms with van der Waals surface area (Å²) in [6.07, 6.45) is 0.537. The zero-order chi connectivity index (χ0) is 22.0. The lowest BCUT2D eigenvalue weighted by Gasteiger charge is -2.14. The van der Waals surface area contributed by atoms with Crippen LogP contribution < -0.4 is 10.0 Å². The van der Waals surface area contributed by atoms with E-state index < -0.39 is 14.9 Å². The molecule has 0 saturated carbocycles. The lowest BCUT2D eigenvalue weighted by atomic mass is 10.1. The molecule has 0 saturated heterocycles. The monoisotopic (exact) mass is 436 g/mol. The minimum absolute atomic E-state index is 0.0232. The zero-order valence-electron chi connectivity index (χ0n) is 16.7. The fourth-order valence-corrected chi connectivity index (χ4v) is 4.53. The van der Waals surface area contributed by atoms with Crippen molar-refractivity contribution in [2.75, 3.05) is 15.8 Å². The average Bonchev–Trinajstić information content (AvgIpc) is 2.74. The number of aromatic nitrogens is 1. The van der Waals surface area contributed by atoms with Crippen molar-refractivity contribution in [2.24, 2.45) is 0 Å². The molecule has 0 fully saturated rings. The van der Waals surface area contributed by atoms with E-state index in [1.54, 1.807) is 30.3 Å². The maximum atomic E-state index is 12.0. The minimum atomic E-state index is -3.36. The van der Waals surface area contributed by atoms with Gasteiger partial charge in [-0.05, 0) is 42.8 Å². The summed E-state index contributed by atoms with van der Waals surface area (Å²) in [5.41, 5.74) is 3.20. The van der Waals surface area contributed by atoms with Gasteiger partial charge in [0.1, 0.15) is 0 Å². The maximum Gasteiger partial charge on any atom is 0.271 e. The second-order valence-corrected chi connectivity index (χ2v) is 8.93. The average molecular weight is 436 g/mol. The summed E-state index contributed by atoms with van der Waals surface area (Å²) in [5.74, 6) is 0.0636. The van der Waals surface area contributed by atoms with Gasteiger partial charge >= 0.3 is 0 Å². The summed E-state index contributed by atoms with van der Waals surface area (Å²) in [7, 11) is -3.36. The number of sulfonamides is 1. The van der Waals surface area contributed by atoms with Gasteiger partial charge in [-0.1, -0.05) is 25.1 Å². The van der Waals surface area contributed by atoms with Crippen LogP contribution in [0.1, 0.15) is 13.3 Å². The molecule has 2 N–H and O–H groups in total. The first-order chi connectivity index (χ1) is 14.9. The Morgan fingerprint density at radius 3 is 2.32 bits per heavy atom. The van der Waals surface area contributed by atoms with Gasteiger partial charge in [-0.15, -0.1) is 0 Å². The van der Waals surface area contributed by atoms with Crippen LogP contribution in [-0.2, 0) is 10.0 Å². The molecule has 0 bridgehead atoms. The highest BCUT2D eigenvalue weighted by Crippen LogP contribution is 2.34. The van der Waals surface area contributed by atoms with Crippen LogP contribution >= 0.6 is 0 Å². The van der Waals surface area contributed by atoms with Crippen LogP contribution in [0.2, 0.25) is 0 Å². The predicted molar refractivity (Wildman–Crippen MR) is 123 cm³/mol. The Kier molecular flexibility index (Phi) is 5.43. The molecule has 0 radical (unpaired) electrons. The molecule has 0 amide bonds.